The van der Waals surface area contributed by atoms with E-state index in [0.717, 1.165) is 25.9 Å². The van der Waals surface area contributed by atoms with E-state index >= 15 is 0 Å². The van der Waals surface area contributed by atoms with Crippen LogP contribution in [0, 0.1) is 5.41 Å². The van der Waals surface area contributed by atoms with Gasteiger partial charge in [-0.3, -0.25) is 13.7 Å². The SMILES string of the molecule is O=P(O)(O)CP(=O)(O)CC[C@H]1O[C@@H](n2cnc3c(N4CCC5(CCCC5)CC4)nc(Cl)nc32)[C@@H](O)C1O. The van der Waals surface area contributed by atoms with Crippen LogP contribution in [0.25, 0.3) is 11.2 Å². The number of anilines is 1. The third kappa shape index (κ3) is 5.76. The lowest BCUT2D eigenvalue weighted by atomic mass is 9.77. The molecule has 5 N–H and O–H groups in total. The van der Waals surface area contributed by atoms with Gasteiger partial charge in [0.25, 0.3) is 0 Å². The van der Waals surface area contributed by atoms with Crippen molar-refractivity contribution in [3.63, 3.8) is 0 Å². The molecule has 1 aliphatic carbocycles. The number of halogens is 1. The predicted molar refractivity (Wildman–Crippen MR) is 135 cm³/mol. The molecular formula is C21H32ClN5O8P2. The molecule has 0 bridgehead atoms. The number of aromatic nitrogens is 4. The number of nitrogens with zero attached hydrogens (tertiary/aromatic N) is 5. The van der Waals surface area contributed by atoms with E-state index < -0.39 is 51.6 Å². The van der Waals surface area contributed by atoms with E-state index in [4.69, 9.17) is 26.1 Å². The van der Waals surface area contributed by atoms with E-state index in [1.165, 1.54) is 36.6 Å². The fraction of sp³-hybridized carbons (Fsp3) is 0.762. The molecule has 1 spiro atoms. The molecule has 2 aliphatic heterocycles. The van der Waals surface area contributed by atoms with Gasteiger partial charge in [0.05, 0.1) is 12.4 Å². The summed E-state index contributed by atoms with van der Waals surface area (Å²) in [5.74, 6) is -0.554. The maximum absolute atomic E-state index is 12.2. The summed E-state index contributed by atoms with van der Waals surface area (Å²) in [6.45, 7) is 1.66. The Labute approximate surface area is 218 Å². The first kappa shape index (κ1) is 27.4. The summed E-state index contributed by atoms with van der Waals surface area (Å²) in [4.78, 5) is 43.3. The Morgan fingerprint density at radius 2 is 1.73 bits per heavy atom. The van der Waals surface area contributed by atoms with Crippen molar-refractivity contribution < 1.29 is 38.8 Å². The highest BCUT2D eigenvalue weighted by Gasteiger charge is 2.45. The Morgan fingerprint density at radius 3 is 2.38 bits per heavy atom. The normalized spacial score (nSPS) is 29.8. The number of aliphatic hydroxyl groups is 2. The highest BCUT2D eigenvalue weighted by molar-refractivity contribution is 7.72. The average molecular weight is 580 g/mol. The molecule has 5 atom stereocenters. The van der Waals surface area contributed by atoms with Gasteiger partial charge in [-0.05, 0) is 49.1 Å². The third-order valence-electron chi connectivity index (χ3n) is 7.94. The second kappa shape index (κ2) is 10.1. The molecule has 3 aliphatic rings. The molecule has 13 nitrogen and oxygen atoms in total. The maximum atomic E-state index is 12.2. The largest absolute Gasteiger partial charge is 0.388 e. The van der Waals surface area contributed by atoms with Crippen LogP contribution in [0.5, 0.6) is 0 Å². The molecular weight excluding hydrogens is 548 g/mol. The molecule has 206 valence electrons. The predicted octanol–water partition coefficient (Wildman–Crippen LogP) is 2.06. The minimum Gasteiger partial charge on any atom is -0.388 e. The van der Waals surface area contributed by atoms with Crippen molar-refractivity contribution in [2.45, 2.75) is 69.5 Å². The molecule has 2 unspecified atom stereocenters. The Bertz CT molecular complexity index is 1240. The standard InChI is InChI=1S/C21H32ClN5O8P2/c22-20-24-17(26-8-6-21(7-9-26)4-1-2-5-21)14-18(25-20)27(11-23-14)19-16(29)15(28)13(35-19)3-10-36(30,31)12-37(32,33)34/h11,13,15-16,19,28-29H,1-10,12H2,(H,30,31)(H2,32,33,34)/t13-,15?,16+,19-/m1/s1. The zero-order valence-electron chi connectivity index (χ0n) is 20.1. The van der Waals surface area contributed by atoms with Crippen LogP contribution in [0.1, 0.15) is 51.2 Å². The van der Waals surface area contributed by atoms with Crippen LogP contribution in [0.4, 0.5) is 5.82 Å². The number of rotatable bonds is 7. The molecule has 3 fully saturated rings. The first-order valence-corrected chi connectivity index (χ1v) is 16.6. The van der Waals surface area contributed by atoms with E-state index in [-0.39, 0.29) is 11.7 Å². The molecule has 16 heteroatoms. The Kier molecular flexibility index (Phi) is 7.50. The van der Waals surface area contributed by atoms with Gasteiger partial charge in [-0.2, -0.15) is 9.97 Å². The Balaban J connectivity index is 1.34. The zero-order chi connectivity index (χ0) is 26.6. The van der Waals surface area contributed by atoms with Gasteiger partial charge >= 0.3 is 7.60 Å². The lowest BCUT2D eigenvalue weighted by Gasteiger charge is -2.39. The summed E-state index contributed by atoms with van der Waals surface area (Å²) < 4.78 is 30.6. The van der Waals surface area contributed by atoms with Gasteiger partial charge in [0.15, 0.2) is 23.2 Å². The molecule has 2 aromatic heterocycles. The molecule has 0 radical (unpaired) electrons. The number of piperidine rings is 1. The number of aliphatic hydroxyl groups excluding tert-OH is 2. The second-order valence-electron chi connectivity index (χ2n) is 10.5. The van der Waals surface area contributed by atoms with Crippen LogP contribution in [0.3, 0.4) is 0 Å². The van der Waals surface area contributed by atoms with E-state index in [0.29, 0.717) is 22.4 Å². The van der Waals surface area contributed by atoms with Crippen molar-refractivity contribution in [2.75, 3.05) is 30.1 Å². The summed E-state index contributed by atoms with van der Waals surface area (Å²) >= 11 is 6.28. The zero-order valence-corrected chi connectivity index (χ0v) is 22.7. The van der Waals surface area contributed by atoms with Crippen LogP contribution >= 0.6 is 26.6 Å². The van der Waals surface area contributed by atoms with Crippen molar-refractivity contribution in [3.05, 3.63) is 11.6 Å². The first-order valence-electron chi connectivity index (χ1n) is 12.4. The van der Waals surface area contributed by atoms with Gasteiger partial charge in [-0.25, -0.2) is 4.98 Å². The average Bonchev–Trinajstić information content (AvgIpc) is 3.50. The minimum atomic E-state index is -4.69. The number of fused-ring (bicyclic) bond motifs is 1. The summed E-state index contributed by atoms with van der Waals surface area (Å²) in [7, 11) is -8.86. The summed E-state index contributed by atoms with van der Waals surface area (Å²) in [5.41, 5.74) is 1.23. The topological polar surface area (TPSA) is 191 Å². The van der Waals surface area contributed by atoms with Crippen molar-refractivity contribution in [2.24, 2.45) is 5.41 Å². The summed E-state index contributed by atoms with van der Waals surface area (Å²) in [6, 6.07) is 0. The lowest BCUT2D eigenvalue weighted by Crippen LogP contribution is -2.39. The van der Waals surface area contributed by atoms with Gasteiger partial charge in [-0.1, -0.05) is 12.8 Å². The first-order chi connectivity index (χ1) is 17.4. The van der Waals surface area contributed by atoms with Gasteiger partial charge in [-0.15, -0.1) is 0 Å². The van der Waals surface area contributed by atoms with E-state index in [9.17, 15) is 24.2 Å². The Hall–Kier alpha value is -1.14. The van der Waals surface area contributed by atoms with Crippen LogP contribution in [-0.4, -0.2) is 87.9 Å². The van der Waals surface area contributed by atoms with Gasteiger partial charge < -0.3 is 34.5 Å². The molecule has 4 heterocycles. The minimum absolute atomic E-state index is 0.00800. The molecule has 0 aromatic carbocycles. The lowest BCUT2D eigenvalue weighted by molar-refractivity contribution is -0.0354. The monoisotopic (exact) mass is 579 g/mol. The van der Waals surface area contributed by atoms with Crippen molar-refractivity contribution in [3.8, 4) is 0 Å². The molecule has 37 heavy (non-hydrogen) atoms. The van der Waals surface area contributed by atoms with Gasteiger partial charge in [0, 0.05) is 19.3 Å². The Morgan fingerprint density at radius 1 is 1.05 bits per heavy atom. The number of ether oxygens (including phenoxy) is 1. The van der Waals surface area contributed by atoms with Gasteiger partial charge in [0.1, 0.15) is 18.1 Å². The number of hydrogen-bond acceptors (Lipinski definition) is 9. The molecule has 2 aromatic rings. The van der Waals surface area contributed by atoms with Crippen LogP contribution in [-0.2, 0) is 13.9 Å². The van der Waals surface area contributed by atoms with E-state index in [1.54, 1.807) is 0 Å². The fourth-order valence-corrected chi connectivity index (χ4v) is 9.67. The third-order valence-corrected chi connectivity index (χ3v) is 12.3. The molecule has 5 rings (SSSR count). The smallest absolute Gasteiger partial charge is 0.335 e. The highest BCUT2D eigenvalue weighted by Crippen LogP contribution is 2.55. The highest BCUT2D eigenvalue weighted by atomic mass is 35.5. The van der Waals surface area contributed by atoms with Crippen LogP contribution in [0.15, 0.2) is 6.33 Å². The van der Waals surface area contributed by atoms with Crippen molar-refractivity contribution >= 4 is 43.5 Å². The van der Waals surface area contributed by atoms with Crippen molar-refractivity contribution in [1.82, 2.24) is 19.5 Å². The summed E-state index contributed by atoms with van der Waals surface area (Å²) in [5, 5.41) is 21.3. The summed E-state index contributed by atoms with van der Waals surface area (Å²) in [6.07, 6.45) is 3.03. The van der Waals surface area contributed by atoms with E-state index in [1.807, 2.05) is 0 Å². The maximum Gasteiger partial charge on any atom is 0.335 e. The van der Waals surface area contributed by atoms with Crippen molar-refractivity contribution in [1.29, 1.82) is 0 Å². The number of imidazole rings is 1. The fourth-order valence-electron chi connectivity index (χ4n) is 5.99. The second-order valence-corrected chi connectivity index (χ2v) is 15.5. The number of hydrogen-bond donors (Lipinski definition) is 5. The molecule has 2 saturated heterocycles. The van der Waals surface area contributed by atoms with Crippen LogP contribution < -0.4 is 4.90 Å². The molecule has 0 amide bonds. The molecule has 1 saturated carbocycles. The van der Waals surface area contributed by atoms with Crippen LogP contribution in [0.2, 0.25) is 5.28 Å². The van der Waals surface area contributed by atoms with Gasteiger partial charge in [0.2, 0.25) is 12.7 Å². The van der Waals surface area contributed by atoms with E-state index in [2.05, 4.69) is 19.9 Å². The quantitative estimate of drug-likeness (QED) is 0.237.